The summed E-state index contributed by atoms with van der Waals surface area (Å²) in [5.41, 5.74) is -0.476. The first-order chi connectivity index (χ1) is 8.39. The second-order valence-electron chi connectivity index (χ2n) is 5.27. The molecule has 0 rings (SSSR count). The van der Waals surface area contributed by atoms with Crippen molar-refractivity contribution in [3.63, 3.8) is 0 Å². The maximum atomic E-state index is 11.4. The summed E-state index contributed by atoms with van der Waals surface area (Å²) in [6.45, 7) is 8.21. The third kappa shape index (κ3) is 10.7. The first-order valence-electron chi connectivity index (χ1n) is 6.54. The number of thioether (sulfide) groups is 1. The minimum absolute atomic E-state index is 0.104. The standard InChI is InChI=1S/C13H27NO3S/c1-5-18-8-6-7-11(10-15)9-14-12(16)17-13(2,3)4/h11,15H,5-10H2,1-4H3,(H,14,16). The van der Waals surface area contributed by atoms with Crippen LogP contribution in [0, 0.1) is 5.92 Å². The van der Waals surface area contributed by atoms with Gasteiger partial charge in [0.2, 0.25) is 0 Å². The summed E-state index contributed by atoms with van der Waals surface area (Å²) in [5.74, 6) is 2.36. The monoisotopic (exact) mass is 277 g/mol. The van der Waals surface area contributed by atoms with E-state index in [1.807, 2.05) is 32.5 Å². The number of nitrogens with one attached hydrogen (secondary N) is 1. The highest BCUT2D eigenvalue weighted by Crippen LogP contribution is 2.10. The number of hydrogen-bond donors (Lipinski definition) is 2. The number of aliphatic hydroxyl groups excluding tert-OH is 1. The van der Waals surface area contributed by atoms with E-state index in [9.17, 15) is 9.90 Å². The van der Waals surface area contributed by atoms with Crippen LogP contribution in [-0.2, 0) is 4.74 Å². The number of rotatable bonds is 8. The van der Waals surface area contributed by atoms with E-state index in [0.29, 0.717) is 6.54 Å². The molecular formula is C13H27NO3S. The molecule has 0 saturated carbocycles. The summed E-state index contributed by atoms with van der Waals surface area (Å²) in [5, 5.41) is 11.9. The fourth-order valence-corrected chi connectivity index (χ4v) is 2.08. The van der Waals surface area contributed by atoms with Crippen molar-refractivity contribution in [3.8, 4) is 0 Å². The van der Waals surface area contributed by atoms with Crippen LogP contribution in [0.5, 0.6) is 0 Å². The van der Waals surface area contributed by atoms with Crippen LogP contribution in [-0.4, -0.2) is 41.5 Å². The number of amides is 1. The SMILES string of the molecule is CCSCCCC(CO)CNC(=O)OC(C)(C)C. The fraction of sp³-hybridized carbons (Fsp3) is 0.923. The molecule has 0 saturated heterocycles. The van der Waals surface area contributed by atoms with Gasteiger partial charge in [-0.25, -0.2) is 4.79 Å². The molecule has 0 spiro atoms. The molecule has 0 aromatic heterocycles. The van der Waals surface area contributed by atoms with Crippen molar-refractivity contribution >= 4 is 17.9 Å². The van der Waals surface area contributed by atoms with Gasteiger partial charge in [0.1, 0.15) is 5.60 Å². The Bertz CT molecular complexity index is 229. The molecule has 1 unspecified atom stereocenters. The second-order valence-corrected chi connectivity index (χ2v) is 6.66. The van der Waals surface area contributed by atoms with E-state index in [-0.39, 0.29) is 12.5 Å². The number of carbonyl (C=O) groups is 1. The van der Waals surface area contributed by atoms with Crippen LogP contribution < -0.4 is 5.32 Å². The number of ether oxygens (including phenoxy) is 1. The van der Waals surface area contributed by atoms with Gasteiger partial charge >= 0.3 is 6.09 Å². The number of alkyl carbamates (subject to hydrolysis) is 1. The van der Waals surface area contributed by atoms with Crippen molar-refractivity contribution in [2.24, 2.45) is 5.92 Å². The zero-order valence-corrected chi connectivity index (χ0v) is 12.8. The first-order valence-corrected chi connectivity index (χ1v) is 7.70. The van der Waals surface area contributed by atoms with Gasteiger partial charge in [-0.05, 0) is 51.0 Å². The Kier molecular flexibility index (Phi) is 9.28. The lowest BCUT2D eigenvalue weighted by Crippen LogP contribution is -2.36. The normalized spacial score (nSPS) is 13.2. The highest BCUT2D eigenvalue weighted by atomic mass is 32.2. The summed E-state index contributed by atoms with van der Waals surface area (Å²) < 4.78 is 5.14. The quantitative estimate of drug-likeness (QED) is 0.670. The van der Waals surface area contributed by atoms with Crippen LogP contribution in [0.2, 0.25) is 0 Å². The summed E-state index contributed by atoms with van der Waals surface area (Å²) >= 11 is 1.90. The van der Waals surface area contributed by atoms with E-state index >= 15 is 0 Å². The van der Waals surface area contributed by atoms with Gasteiger partial charge < -0.3 is 15.2 Å². The lowest BCUT2D eigenvalue weighted by Gasteiger charge is -2.21. The smallest absolute Gasteiger partial charge is 0.407 e. The number of aliphatic hydroxyl groups is 1. The molecule has 0 aliphatic rings. The van der Waals surface area contributed by atoms with E-state index in [4.69, 9.17) is 4.74 Å². The van der Waals surface area contributed by atoms with Crippen molar-refractivity contribution in [1.82, 2.24) is 5.32 Å². The Morgan fingerprint density at radius 1 is 1.44 bits per heavy atom. The first kappa shape index (κ1) is 17.6. The molecule has 18 heavy (non-hydrogen) atoms. The van der Waals surface area contributed by atoms with Gasteiger partial charge in [0.05, 0.1) is 0 Å². The van der Waals surface area contributed by atoms with Crippen LogP contribution in [0.3, 0.4) is 0 Å². The average Bonchev–Trinajstić information content (AvgIpc) is 2.26. The topological polar surface area (TPSA) is 58.6 Å². The molecule has 0 aromatic carbocycles. The highest BCUT2D eigenvalue weighted by Gasteiger charge is 2.17. The molecule has 0 bridgehead atoms. The van der Waals surface area contributed by atoms with E-state index in [0.717, 1.165) is 24.3 Å². The maximum Gasteiger partial charge on any atom is 0.407 e. The van der Waals surface area contributed by atoms with Crippen LogP contribution in [0.15, 0.2) is 0 Å². The van der Waals surface area contributed by atoms with Crippen molar-refractivity contribution < 1.29 is 14.6 Å². The van der Waals surface area contributed by atoms with Gasteiger partial charge in [0, 0.05) is 13.2 Å². The number of hydrogen-bond acceptors (Lipinski definition) is 4. The predicted molar refractivity (Wildman–Crippen MR) is 77.0 cm³/mol. The molecule has 0 aliphatic carbocycles. The molecule has 108 valence electrons. The largest absolute Gasteiger partial charge is 0.444 e. The molecule has 0 heterocycles. The lowest BCUT2D eigenvalue weighted by atomic mass is 10.1. The Balaban J connectivity index is 3.75. The Morgan fingerprint density at radius 3 is 2.61 bits per heavy atom. The third-order valence-electron chi connectivity index (χ3n) is 2.30. The van der Waals surface area contributed by atoms with Gasteiger partial charge in [-0.1, -0.05) is 6.92 Å². The third-order valence-corrected chi connectivity index (χ3v) is 3.28. The van der Waals surface area contributed by atoms with E-state index in [1.165, 1.54) is 0 Å². The molecule has 1 amide bonds. The van der Waals surface area contributed by atoms with Crippen LogP contribution in [0.25, 0.3) is 0 Å². The molecule has 2 N–H and O–H groups in total. The maximum absolute atomic E-state index is 11.4. The minimum atomic E-state index is -0.476. The molecule has 4 nitrogen and oxygen atoms in total. The molecular weight excluding hydrogens is 250 g/mol. The van der Waals surface area contributed by atoms with Crippen molar-refractivity contribution in [3.05, 3.63) is 0 Å². The van der Waals surface area contributed by atoms with E-state index < -0.39 is 11.7 Å². The predicted octanol–water partition coefficient (Wildman–Crippen LogP) is 2.65. The Morgan fingerprint density at radius 2 is 2.11 bits per heavy atom. The summed E-state index contributed by atoms with van der Waals surface area (Å²) in [4.78, 5) is 11.4. The number of carbonyl (C=O) groups excluding carboxylic acids is 1. The van der Waals surface area contributed by atoms with Crippen molar-refractivity contribution in [1.29, 1.82) is 0 Å². The van der Waals surface area contributed by atoms with Crippen LogP contribution in [0.4, 0.5) is 4.79 Å². The molecule has 0 aromatic rings. The summed E-state index contributed by atoms with van der Waals surface area (Å²) in [7, 11) is 0. The average molecular weight is 277 g/mol. The molecule has 1 atom stereocenters. The van der Waals surface area contributed by atoms with Crippen molar-refractivity contribution in [2.45, 2.75) is 46.1 Å². The molecule has 0 radical (unpaired) electrons. The van der Waals surface area contributed by atoms with Crippen LogP contribution >= 0.6 is 11.8 Å². The van der Waals surface area contributed by atoms with E-state index in [2.05, 4.69) is 12.2 Å². The Labute approximate surface area is 115 Å². The summed E-state index contributed by atoms with van der Waals surface area (Å²) in [6, 6.07) is 0. The van der Waals surface area contributed by atoms with Gasteiger partial charge in [-0.2, -0.15) is 11.8 Å². The molecule has 0 aliphatic heterocycles. The van der Waals surface area contributed by atoms with Gasteiger partial charge in [0.25, 0.3) is 0 Å². The van der Waals surface area contributed by atoms with Crippen LogP contribution in [0.1, 0.15) is 40.5 Å². The Hall–Kier alpha value is -0.420. The molecule has 0 fully saturated rings. The zero-order valence-electron chi connectivity index (χ0n) is 12.0. The lowest BCUT2D eigenvalue weighted by molar-refractivity contribution is 0.0511. The highest BCUT2D eigenvalue weighted by molar-refractivity contribution is 7.99. The zero-order chi connectivity index (χ0) is 14.0. The van der Waals surface area contributed by atoms with Gasteiger partial charge in [0.15, 0.2) is 0 Å². The van der Waals surface area contributed by atoms with Gasteiger partial charge in [-0.3, -0.25) is 0 Å². The van der Waals surface area contributed by atoms with Gasteiger partial charge in [-0.15, -0.1) is 0 Å². The molecule has 5 heteroatoms. The van der Waals surface area contributed by atoms with Crippen molar-refractivity contribution in [2.75, 3.05) is 24.7 Å². The summed E-state index contributed by atoms with van der Waals surface area (Å²) in [6.07, 6.45) is 1.59. The van der Waals surface area contributed by atoms with E-state index in [1.54, 1.807) is 0 Å². The second kappa shape index (κ2) is 9.50. The fourth-order valence-electron chi connectivity index (χ4n) is 1.42. The minimum Gasteiger partial charge on any atom is -0.444 e.